The van der Waals surface area contributed by atoms with Crippen molar-refractivity contribution < 1.29 is 23.9 Å². The third-order valence-corrected chi connectivity index (χ3v) is 3.64. The summed E-state index contributed by atoms with van der Waals surface area (Å²) in [5.74, 6) is -3.01. The third kappa shape index (κ3) is 2.99. The van der Waals surface area contributed by atoms with Crippen molar-refractivity contribution >= 4 is 34.7 Å². The quantitative estimate of drug-likeness (QED) is 0.841. The summed E-state index contributed by atoms with van der Waals surface area (Å²) in [6, 6.07) is 10.9. The van der Waals surface area contributed by atoms with E-state index in [2.05, 4.69) is 5.32 Å². The fraction of sp³-hybridized carbons (Fsp3) is 0.0556. The fourth-order valence-corrected chi connectivity index (χ4v) is 2.53. The van der Waals surface area contributed by atoms with Crippen LogP contribution in [0, 0.1) is 5.82 Å². The van der Waals surface area contributed by atoms with Crippen LogP contribution in [-0.2, 0) is 14.4 Å². The van der Waals surface area contributed by atoms with Gasteiger partial charge in [-0.25, -0.2) is 9.29 Å². The van der Waals surface area contributed by atoms with Gasteiger partial charge in [-0.3, -0.25) is 14.4 Å². The van der Waals surface area contributed by atoms with Crippen molar-refractivity contribution in [1.29, 1.82) is 0 Å². The number of halogens is 1. The van der Waals surface area contributed by atoms with Crippen LogP contribution in [0.1, 0.15) is 12.5 Å². The zero-order chi connectivity index (χ0) is 18.1. The lowest BCUT2D eigenvalue weighted by Crippen LogP contribution is -2.31. The number of carbonyl (C=O) groups excluding carboxylic acids is 3. The molecule has 1 heterocycles. The lowest BCUT2D eigenvalue weighted by atomic mass is 10.1. The second kappa shape index (κ2) is 6.20. The van der Waals surface area contributed by atoms with E-state index >= 15 is 0 Å². The van der Waals surface area contributed by atoms with Crippen LogP contribution in [0.2, 0.25) is 0 Å². The normalized spacial score (nSPS) is 14.2. The van der Waals surface area contributed by atoms with E-state index in [0.717, 1.165) is 17.0 Å². The summed E-state index contributed by atoms with van der Waals surface area (Å²) in [6.07, 6.45) is 0. The van der Waals surface area contributed by atoms with E-state index in [9.17, 15) is 23.9 Å². The summed E-state index contributed by atoms with van der Waals surface area (Å²) in [6.45, 7) is 1.36. The van der Waals surface area contributed by atoms with Gasteiger partial charge in [0.2, 0.25) is 5.91 Å². The second-order valence-corrected chi connectivity index (χ2v) is 5.40. The molecule has 1 aliphatic heterocycles. The predicted molar refractivity (Wildman–Crippen MR) is 89.2 cm³/mol. The molecule has 6 nitrogen and oxygen atoms in total. The molecule has 0 saturated carbocycles. The Morgan fingerprint density at radius 2 is 1.60 bits per heavy atom. The first-order chi connectivity index (χ1) is 11.9. The number of amides is 3. The Morgan fingerprint density at radius 1 is 1.00 bits per heavy atom. The van der Waals surface area contributed by atoms with Gasteiger partial charge in [0, 0.05) is 12.6 Å². The van der Waals surface area contributed by atoms with Gasteiger partial charge in [-0.05, 0) is 42.0 Å². The Hall–Kier alpha value is -3.48. The first-order valence-electron chi connectivity index (χ1n) is 7.34. The van der Waals surface area contributed by atoms with E-state index in [1.54, 1.807) is 0 Å². The molecular weight excluding hydrogens is 327 g/mol. The van der Waals surface area contributed by atoms with Gasteiger partial charge >= 0.3 is 5.91 Å². The Bertz CT molecular complexity index is 902. The molecule has 0 saturated heterocycles. The third-order valence-electron chi connectivity index (χ3n) is 3.64. The van der Waals surface area contributed by atoms with Gasteiger partial charge in [0.25, 0.3) is 5.91 Å². The molecule has 3 rings (SSSR count). The number of carbonyl (C=O) groups is 3. The van der Waals surface area contributed by atoms with Crippen LogP contribution in [0.4, 0.5) is 15.8 Å². The molecule has 0 spiro atoms. The molecule has 0 aromatic heterocycles. The Labute approximate surface area is 142 Å². The highest BCUT2D eigenvalue weighted by atomic mass is 19.1. The number of nitrogens with one attached hydrogen (secondary N) is 1. The van der Waals surface area contributed by atoms with Crippen molar-refractivity contribution in [2.45, 2.75) is 6.92 Å². The lowest BCUT2D eigenvalue weighted by Gasteiger charge is -2.15. The van der Waals surface area contributed by atoms with Crippen molar-refractivity contribution in [3.8, 4) is 0 Å². The first kappa shape index (κ1) is 16.4. The van der Waals surface area contributed by atoms with Crippen LogP contribution in [0.15, 0.2) is 54.3 Å². The standard InChI is InChI=1S/C18H13FN2O4/c1-10(22)20-13-6-8-14(9-7-13)21-17(24)15(16(23)18(21)25)11-2-4-12(19)5-3-11/h2-9,23H,1H3,(H,20,22). The van der Waals surface area contributed by atoms with Crippen molar-refractivity contribution in [2.75, 3.05) is 10.2 Å². The van der Waals surface area contributed by atoms with E-state index in [4.69, 9.17) is 0 Å². The van der Waals surface area contributed by atoms with E-state index in [0.29, 0.717) is 5.69 Å². The molecule has 2 N–H and O–H groups in total. The van der Waals surface area contributed by atoms with Crippen LogP contribution in [0.25, 0.3) is 5.57 Å². The maximum absolute atomic E-state index is 13.0. The van der Waals surface area contributed by atoms with Crippen molar-refractivity contribution in [3.63, 3.8) is 0 Å². The molecule has 0 atom stereocenters. The number of anilines is 2. The molecule has 2 aromatic carbocycles. The van der Waals surface area contributed by atoms with Crippen molar-refractivity contribution in [3.05, 3.63) is 65.7 Å². The number of rotatable bonds is 3. The Morgan fingerprint density at radius 3 is 2.16 bits per heavy atom. The van der Waals surface area contributed by atoms with Gasteiger partial charge in [-0.1, -0.05) is 12.1 Å². The average molecular weight is 340 g/mol. The fourth-order valence-electron chi connectivity index (χ4n) is 2.53. The van der Waals surface area contributed by atoms with Gasteiger partial charge in [0.15, 0.2) is 5.76 Å². The molecule has 0 unspecified atom stereocenters. The molecule has 0 radical (unpaired) electrons. The minimum Gasteiger partial charge on any atom is -0.502 e. The molecule has 3 amide bonds. The molecule has 25 heavy (non-hydrogen) atoms. The maximum atomic E-state index is 13.0. The van der Waals surface area contributed by atoms with Gasteiger partial charge in [-0.15, -0.1) is 0 Å². The number of nitrogens with zero attached hydrogens (tertiary/aromatic N) is 1. The summed E-state index contributed by atoms with van der Waals surface area (Å²) in [7, 11) is 0. The highest BCUT2D eigenvalue weighted by Crippen LogP contribution is 2.32. The number of aliphatic hydroxyl groups is 1. The molecule has 0 fully saturated rings. The highest BCUT2D eigenvalue weighted by Gasteiger charge is 2.40. The highest BCUT2D eigenvalue weighted by molar-refractivity contribution is 6.44. The summed E-state index contributed by atoms with van der Waals surface area (Å²) < 4.78 is 13.0. The lowest BCUT2D eigenvalue weighted by molar-refractivity contribution is -0.121. The number of imide groups is 1. The molecule has 0 bridgehead atoms. The average Bonchev–Trinajstić information content (AvgIpc) is 2.79. The summed E-state index contributed by atoms with van der Waals surface area (Å²) >= 11 is 0. The molecule has 0 aliphatic carbocycles. The van der Waals surface area contributed by atoms with Crippen LogP contribution >= 0.6 is 0 Å². The van der Waals surface area contributed by atoms with Crippen molar-refractivity contribution in [2.24, 2.45) is 0 Å². The zero-order valence-corrected chi connectivity index (χ0v) is 13.1. The van der Waals surface area contributed by atoms with Crippen LogP contribution in [-0.4, -0.2) is 22.8 Å². The van der Waals surface area contributed by atoms with E-state index in [1.165, 1.54) is 43.3 Å². The Kier molecular flexibility index (Phi) is 4.06. The molecule has 2 aromatic rings. The number of benzene rings is 2. The zero-order valence-electron chi connectivity index (χ0n) is 13.1. The van der Waals surface area contributed by atoms with Gasteiger partial charge < -0.3 is 10.4 Å². The largest absolute Gasteiger partial charge is 0.502 e. The molecule has 126 valence electrons. The van der Waals surface area contributed by atoms with E-state index in [-0.39, 0.29) is 22.7 Å². The van der Waals surface area contributed by atoms with E-state index in [1.807, 2.05) is 0 Å². The topological polar surface area (TPSA) is 86.7 Å². The van der Waals surface area contributed by atoms with Crippen LogP contribution in [0.5, 0.6) is 0 Å². The summed E-state index contributed by atoms with van der Waals surface area (Å²) in [5.41, 5.74) is 0.810. The number of hydrogen-bond acceptors (Lipinski definition) is 4. The SMILES string of the molecule is CC(=O)Nc1ccc(N2C(=O)C(O)=C(c3ccc(F)cc3)C2=O)cc1. The monoisotopic (exact) mass is 340 g/mol. The van der Waals surface area contributed by atoms with Crippen molar-refractivity contribution in [1.82, 2.24) is 0 Å². The van der Waals surface area contributed by atoms with Crippen LogP contribution < -0.4 is 10.2 Å². The number of aliphatic hydroxyl groups excluding tert-OH is 1. The van der Waals surface area contributed by atoms with E-state index < -0.39 is 23.4 Å². The summed E-state index contributed by atoms with van der Waals surface area (Å²) in [4.78, 5) is 36.7. The number of hydrogen-bond donors (Lipinski definition) is 2. The van der Waals surface area contributed by atoms with Gasteiger partial charge in [0.05, 0.1) is 11.3 Å². The van der Waals surface area contributed by atoms with Gasteiger partial charge in [0.1, 0.15) is 5.82 Å². The molecule has 1 aliphatic rings. The van der Waals surface area contributed by atoms with Crippen LogP contribution in [0.3, 0.4) is 0 Å². The minimum atomic E-state index is -0.864. The minimum absolute atomic E-state index is 0.184. The maximum Gasteiger partial charge on any atom is 0.301 e. The Balaban J connectivity index is 1.93. The van der Waals surface area contributed by atoms with Gasteiger partial charge in [-0.2, -0.15) is 0 Å². The first-order valence-corrected chi connectivity index (χ1v) is 7.34. The smallest absolute Gasteiger partial charge is 0.301 e. The summed E-state index contributed by atoms with van der Waals surface area (Å²) in [5, 5.41) is 12.6. The molecule has 7 heteroatoms. The second-order valence-electron chi connectivity index (χ2n) is 5.40. The molecular formula is C18H13FN2O4. The predicted octanol–water partition coefficient (Wildman–Crippen LogP) is 2.63.